The van der Waals surface area contributed by atoms with Gasteiger partial charge in [0.05, 0.1) is 13.0 Å². The first-order valence-electron chi connectivity index (χ1n) is 6.73. The summed E-state index contributed by atoms with van der Waals surface area (Å²) in [5.41, 5.74) is -0.166. The minimum atomic E-state index is -0.222. The van der Waals surface area contributed by atoms with Crippen LogP contribution in [-0.4, -0.2) is 23.8 Å². The maximum atomic E-state index is 11.8. The van der Waals surface area contributed by atoms with Crippen LogP contribution in [0.1, 0.15) is 59.8 Å². The Morgan fingerprint density at radius 2 is 2.00 bits per heavy atom. The summed E-state index contributed by atoms with van der Waals surface area (Å²) >= 11 is 0. The Balaban J connectivity index is 1.88. The first kappa shape index (κ1) is 12.9. The van der Waals surface area contributed by atoms with E-state index in [1.54, 1.807) is 0 Å². The van der Waals surface area contributed by atoms with Gasteiger partial charge >= 0.3 is 5.97 Å². The fourth-order valence-corrected chi connectivity index (χ4v) is 3.07. The van der Waals surface area contributed by atoms with Crippen molar-refractivity contribution < 1.29 is 14.3 Å². The third-order valence-corrected chi connectivity index (χ3v) is 4.86. The van der Waals surface area contributed by atoms with E-state index >= 15 is 0 Å². The molecular formula is C14H24O3. The quantitative estimate of drug-likeness (QED) is 0.421. The molecule has 1 aliphatic carbocycles. The molecule has 1 saturated heterocycles. The van der Waals surface area contributed by atoms with E-state index in [9.17, 15) is 4.79 Å². The molecule has 98 valence electrons. The Bertz CT molecular complexity index is 319. The maximum Gasteiger partial charge on any atom is 0.308 e. The molecule has 1 aliphatic heterocycles. The Labute approximate surface area is 104 Å². The molecule has 0 bridgehead atoms. The molecule has 2 unspecified atom stereocenters. The van der Waals surface area contributed by atoms with E-state index in [2.05, 4.69) is 27.7 Å². The van der Waals surface area contributed by atoms with Crippen molar-refractivity contribution in [3.8, 4) is 0 Å². The smallest absolute Gasteiger partial charge is 0.308 e. The van der Waals surface area contributed by atoms with Crippen molar-refractivity contribution in [3.63, 3.8) is 0 Å². The van der Waals surface area contributed by atoms with E-state index in [4.69, 9.17) is 9.47 Å². The van der Waals surface area contributed by atoms with E-state index in [0.29, 0.717) is 13.0 Å². The zero-order chi connectivity index (χ0) is 12.7. The molecule has 0 radical (unpaired) electrons. The Morgan fingerprint density at radius 3 is 2.47 bits per heavy atom. The molecule has 17 heavy (non-hydrogen) atoms. The van der Waals surface area contributed by atoms with Gasteiger partial charge in [-0.05, 0) is 31.6 Å². The van der Waals surface area contributed by atoms with Crippen LogP contribution < -0.4 is 0 Å². The summed E-state index contributed by atoms with van der Waals surface area (Å²) in [7, 11) is 0. The first-order chi connectivity index (χ1) is 7.87. The van der Waals surface area contributed by atoms with Crippen molar-refractivity contribution in [2.45, 2.75) is 71.0 Å². The molecule has 0 aromatic carbocycles. The summed E-state index contributed by atoms with van der Waals surface area (Å²) < 4.78 is 11.1. The predicted molar refractivity (Wildman–Crippen MR) is 65.7 cm³/mol. The van der Waals surface area contributed by atoms with E-state index in [-0.39, 0.29) is 22.6 Å². The third kappa shape index (κ3) is 1.88. The van der Waals surface area contributed by atoms with Gasteiger partial charge in [-0.25, -0.2) is 0 Å². The molecule has 2 aliphatic rings. The second-order valence-corrected chi connectivity index (χ2v) is 6.26. The Kier molecular flexibility index (Phi) is 3.01. The lowest BCUT2D eigenvalue weighted by molar-refractivity contribution is -0.145. The number of epoxide rings is 1. The maximum absolute atomic E-state index is 11.8. The topological polar surface area (TPSA) is 38.8 Å². The van der Waals surface area contributed by atoms with Crippen molar-refractivity contribution in [3.05, 3.63) is 0 Å². The summed E-state index contributed by atoms with van der Waals surface area (Å²) in [6, 6.07) is 0. The first-order valence-corrected chi connectivity index (χ1v) is 6.73. The lowest BCUT2D eigenvalue weighted by Crippen LogP contribution is -2.31. The van der Waals surface area contributed by atoms with Crippen LogP contribution in [0.5, 0.6) is 0 Å². The molecule has 0 spiro atoms. The fraction of sp³-hybridized carbons (Fsp3) is 0.929. The van der Waals surface area contributed by atoms with Gasteiger partial charge in [0.15, 0.2) is 0 Å². The zero-order valence-electron chi connectivity index (χ0n) is 11.5. The number of hydrogen-bond acceptors (Lipinski definition) is 3. The van der Waals surface area contributed by atoms with Gasteiger partial charge in [0.1, 0.15) is 11.2 Å². The van der Waals surface area contributed by atoms with Gasteiger partial charge in [-0.2, -0.15) is 0 Å². The van der Waals surface area contributed by atoms with Crippen LogP contribution in [0.15, 0.2) is 0 Å². The van der Waals surface area contributed by atoms with Crippen LogP contribution in [-0.2, 0) is 14.3 Å². The fourth-order valence-electron chi connectivity index (χ4n) is 3.07. The number of unbranched alkanes of at least 4 members (excludes halogenated alkanes) is 1. The zero-order valence-corrected chi connectivity index (χ0v) is 11.5. The summed E-state index contributed by atoms with van der Waals surface area (Å²) in [5, 5.41) is 0. The number of carbonyl (C=O) groups is 1. The van der Waals surface area contributed by atoms with E-state index in [1.165, 1.54) is 0 Å². The average molecular weight is 240 g/mol. The molecule has 0 aromatic rings. The van der Waals surface area contributed by atoms with Crippen molar-refractivity contribution in [1.82, 2.24) is 0 Å². The highest BCUT2D eigenvalue weighted by atomic mass is 16.6. The molecule has 2 atom stereocenters. The molecule has 0 amide bonds. The number of esters is 1. The lowest BCUT2D eigenvalue weighted by atomic mass is 9.79. The van der Waals surface area contributed by atoms with Gasteiger partial charge in [-0.1, -0.05) is 27.2 Å². The number of ether oxygens (including phenoxy) is 2. The van der Waals surface area contributed by atoms with Gasteiger partial charge in [0, 0.05) is 0 Å². The largest absolute Gasteiger partial charge is 0.466 e. The highest BCUT2D eigenvalue weighted by molar-refractivity contribution is 5.72. The van der Waals surface area contributed by atoms with Crippen LogP contribution in [0, 0.1) is 5.41 Å². The van der Waals surface area contributed by atoms with Crippen molar-refractivity contribution >= 4 is 5.97 Å². The highest BCUT2D eigenvalue weighted by Crippen LogP contribution is 2.69. The monoisotopic (exact) mass is 240 g/mol. The van der Waals surface area contributed by atoms with Crippen LogP contribution in [0.2, 0.25) is 0 Å². The minimum absolute atomic E-state index is 0.0973. The summed E-state index contributed by atoms with van der Waals surface area (Å²) in [4.78, 5) is 11.8. The summed E-state index contributed by atoms with van der Waals surface area (Å²) in [6.07, 6.45) is 4.55. The Morgan fingerprint density at radius 1 is 1.29 bits per heavy atom. The minimum Gasteiger partial charge on any atom is -0.466 e. The van der Waals surface area contributed by atoms with Crippen molar-refractivity contribution in [2.75, 3.05) is 6.61 Å². The van der Waals surface area contributed by atoms with Crippen molar-refractivity contribution in [1.29, 1.82) is 0 Å². The molecule has 0 aromatic heterocycles. The molecular weight excluding hydrogens is 216 g/mol. The van der Waals surface area contributed by atoms with E-state index in [0.717, 1.165) is 25.7 Å². The predicted octanol–water partition coefficient (Wildman–Crippen LogP) is 3.07. The second-order valence-electron chi connectivity index (χ2n) is 6.26. The van der Waals surface area contributed by atoms with Crippen molar-refractivity contribution in [2.24, 2.45) is 5.41 Å². The van der Waals surface area contributed by atoms with Gasteiger partial charge in [0.25, 0.3) is 0 Å². The third-order valence-electron chi connectivity index (χ3n) is 4.86. The number of fused-ring (bicyclic) bond motifs is 1. The molecule has 1 heterocycles. The van der Waals surface area contributed by atoms with Gasteiger partial charge in [-0.3, -0.25) is 4.79 Å². The second kappa shape index (κ2) is 3.98. The molecule has 3 nitrogen and oxygen atoms in total. The standard InChI is InChI=1S/C14H24O3/c1-5-6-9-16-11(15)10-14-8-7-12(2,3)13(14,4)17-14/h5-10H2,1-4H3. The van der Waals surface area contributed by atoms with Crippen LogP contribution in [0.3, 0.4) is 0 Å². The SMILES string of the molecule is CCCCOC(=O)CC12CCC(C)(C)C1(C)O2. The number of hydrogen-bond donors (Lipinski definition) is 0. The highest BCUT2D eigenvalue weighted by Gasteiger charge is 2.77. The molecule has 2 rings (SSSR count). The van der Waals surface area contributed by atoms with Gasteiger partial charge in [0.2, 0.25) is 0 Å². The van der Waals surface area contributed by atoms with Gasteiger partial charge in [-0.15, -0.1) is 0 Å². The summed E-state index contributed by atoms with van der Waals surface area (Å²) in [5.74, 6) is -0.0973. The van der Waals surface area contributed by atoms with Crippen LogP contribution >= 0.6 is 0 Å². The normalized spacial score (nSPS) is 37.6. The molecule has 1 saturated carbocycles. The van der Waals surface area contributed by atoms with Crippen LogP contribution in [0.4, 0.5) is 0 Å². The Hall–Kier alpha value is -0.570. The van der Waals surface area contributed by atoms with E-state index in [1.807, 2.05) is 0 Å². The molecule has 0 N–H and O–H groups in total. The molecule has 3 heteroatoms. The van der Waals surface area contributed by atoms with Gasteiger partial charge < -0.3 is 9.47 Å². The summed E-state index contributed by atoms with van der Waals surface area (Å²) in [6.45, 7) is 9.23. The van der Waals surface area contributed by atoms with Crippen LogP contribution in [0.25, 0.3) is 0 Å². The number of carbonyl (C=O) groups excluding carboxylic acids is 1. The average Bonchev–Trinajstić information content (AvgIpc) is 2.78. The lowest BCUT2D eigenvalue weighted by Gasteiger charge is -2.24. The number of rotatable bonds is 5. The molecule has 2 fully saturated rings. The van der Waals surface area contributed by atoms with E-state index < -0.39 is 0 Å².